The van der Waals surface area contributed by atoms with Crippen LogP contribution < -0.4 is 20.5 Å². The van der Waals surface area contributed by atoms with Crippen LogP contribution in [0.2, 0.25) is 0 Å². The molecule has 0 aliphatic heterocycles. The van der Waals surface area contributed by atoms with Crippen LogP contribution in [0.5, 0.6) is 11.5 Å². The molecule has 6 nitrogen and oxygen atoms in total. The van der Waals surface area contributed by atoms with E-state index in [0.717, 1.165) is 0 Å². The van der Waals surface area contributed by atoms with Crippen LogP contribution >= 0.6 is 0 Å². The highest BCUT2D eigenvalue weighted by atomic mass is 19.2. The SMILES string of the molecule is COc1ccc(COc2c(F)cc(C(=O)NC[C@]34CC[C@](C(N)=O)(CC3)CC4)c(F)c2F)cc1. The van der Waals surface area contributed by atoms with Gasteiger partial charge >= 0.3 is 0 Å². The Balaban J connectivity index is 1.41. The van der Waals surface area contributed by atoms with Crippen molar-refractivity contribution in [2.45, 2.75) is 45.1 Å². The predicted molar refractivity (Wildman–Crippen MR) is 118 cm³/mol. The van der Waals surface area contributed by atoms with Gasteiger partial charge in [-0.2, -0.15) is 4.39 Å². The van der Waals surface area contributed by atoms with Gasteiger partial charge in [0.15, 0.2) is 17.4 Å². The number of rotatable bonds is 8. The molecule has 2 amide bonds. The number of hydrogen-bond donors (Lipinski definition) is 2. The van der Waals surface area contributed by atoms with Crippen LogP contribution in [0.1, 0.15) is 54.4 Å². The van der Waals surface area contributed by atoms with Crippen molar-refractivity contribution in [2.75, 3.05) is 13.7 Å². The summed E-state index contributed by atoms with van der Waals surface area (Å²) in [5.41, 5.74) is 4.76. The van der Waals surface area contributed by atoms with Crippen molar-refractivity contribution < 1.29 is 32.2 Å². The minimum Gasteiger partial charge on any atom is -0.497 e. The van der Waals surface area contributed by atoms with Crippen LogP contribution in [0.25, 0.3) is 0 Å². The van der Waals surface area contributed by atoms with Crippen LogP contribution in [0.4, 0.5) is 13.2 Å². The fourth-order valence-electron chi connectivity index (χ4n) is 5.01. The number of carbonyl (C=O) groups excluding carboxylic acids is 2. The van der Waals surface area contributed by atoms with Gasteiger partial charge < -0.3 is 20.5 Å². The first-order valence-electron chi connectivity index (χ1n) is 11.2. The summed E-state index contributed by atoms with van der Waals surface area (Å²) in [5, 5.41) is 2.63. The monoisotopic (exact) mass is 476 g/mol. The summed E-state index contributed by atoms with van der Waals surface area (Å²) in [4.78, 5) is 24.4. The number of halogens is 3. The minimum absolute atomic E-state index is 0.196. The predicted octanol–water partition coefficient (Wildman–Crippen LogP) is 4.25. The van der Waals surface area contributed by atoms with Crippen molar-refractivity contribution in [3.63, 3.8) is 0 Å². The van der Waals surface area contributed by atoms with Crippen molar-refractivity contribution >= 4 is 11.8 Å². The van der Waals surface area contributed by atoms with E-state index >= 15 is 0 Å². The van der Waals surface area contributed by atoms with Crippen LogP contribution in [-0.2, 0) is 11.4 Å². The molecule has 182 valence electrons. The first kappa shape index (κ1) is 23.9. The van der Waals surface area contributed by atoms with Crippen molar-refractivity contribution in [2.24, 2.45) is 16.6 Å². The van der Waals surface area contributed by atoms with Gasteiger partial charge in [0, 0.05) is 12.0 Å². The van der Waals surface area contributed by atoms with E-state index in [2.05, 4.69) is 5.32 Å². The summed E-state index contributed by atoms with van der Waals surface area (Å²) in [5.74, 6) is -5.66. The maximum atomic E-state index is 14.7. The molecule has 0 spiro atoms. The quantitative estimate of drug-likeness (QED) is 0.558. The molecule has 2 aromatic rings. The van der Waals surface area contributed by atoms with E-state index in [1.807, 2.05) is 0 Å². The molecule has 0 atom stereocenters. The van der Waals surface area contributed by atoms with E-state index in [0.29, 0.717) is 55.9 Å². The van der Waals surface area contributed by atoms with E-state index < -0.39 is 40.1 Å². The summed E-state index contributed by atoms with van der Waals surface area (Å²) < 4.78 is 54.0. The molecular formula is C25H27F3N2O4. The number of fused-ring (bicyclic) bond motifs is 3. The second-order valence-corrected chi connectivity index (χ2v) is 9.33. The Morgan fingerprint density at radius 3 is 2.18 bits per heavy atom. The smallest absolute Gasteiger partial charge is 0.254 e. The van der Waals surface area contributed by atoms with E-state index in [4.69, 9.17) is 15.2 Å². The van der Waals surface area contributed by atoms with Crippen molar-refractivity contribution in [3.05, 3.63) is 58.9 Å². The lowest BCUT2D eigenvalue weighted by molar-refractivity contribution is -0.136. The second-order valence-electron chi connectivity index (χ2n) is 9.33. The second kappa shape index (κ2) is 9.19. The Morgan fingerprint density at radius 1 is 1.00 bits per heavy atom. The molecule has 5 rings (SSSR count). The maximum Gasteiger partial charge on any atom is 0.254 e. The largest absolute Gasteiger partial charge is 0.497 e. The Bertz CT molecular complexity index is 1080. The van der Waals surface area contributed by atoms with Gasteiger partial charge in [-0.25, -0.2) is 8.78 Å². The highest BCUT2D eigenvalue weighted by Gasteiger charge is 2.51. The van der Waals surface area contributed by atoms with Crippen LogP contribution in [-0.4, -0.2) is 25.5 Å². The summed E-state index contributed by atoms with van der Waals surface area (Å²) in [6.07, 6.45) is 4.07. The molecule has 2 aromatic carbocycles. The number of primary amides is 1. The lowest BCUT2D eigenvalue weighted by Crippen LogP contribution is -2.52. The van der Waals surface area contributed by atoms with Gasteiger partial charge in [-0.3, -0.25) is 9.59 Å². The maximum absolute atomic E-state index is 14.7. The van der Waals surface area contributed by atoms with Gasteiger partial charge in [0.25, 0.3) is 5.91 Å². The Hall–Kier alpha value is -3.23. The van der Waals surface area contributed by atoms with Crippen molar-refractivity contribution in [3.8, 4) is 11.5 Å². The lowest BCUT2D eigenvalue weighted by Gasteiger charge is -2.52. The highest BCUT2D eigenvalue weighted by molar-refractivity contribution is 5.94. The zero-order chi connectivity index (χ0) is 24.5. The Kier molecular flexibility index (Phi) is 6.47. The Labute approximate surface area is 195 Å². The molecule has 34 heavy (non-hydrogen) atoms. The molecule has 2 bridgehead atoms. The molecule has 3 saturated carbocycles. The fraction of sp³-hybridized carbons (Fsp3) is 0.440. The molecule has 0 aromatic heterocycles. The number of nitrogens with two attached hydrogens (primary N) is 1. The average Bonchev–Trinajstić information content (AvgIpc) is 2.86. The van der Waals surface area contributed by atoms with Gasteiger partial charge in [-0.05, 0) is 67.7 Å². The number of nitrogens with one attached hydrogen (secondary N) is 1. The zero-order valence-electron chi connectivity index (χ0n) is 18.9. The number of ether oxygens (including phenoxy) is 2. The summed E-state index contributed by atoms with van der Waals surface area (Å²) >= 11 is 0. The van der Waals surface area contributed by atoms with Crippen molar-refractivity contribution in [1.29, 1.82) is 0 Å². The lowest BCUT2D eigenvalue weighted by atomic mass is 9.53. The fourth-order valence-corrected chi connectivity index (χ4v) is 5.01. The molecule has 9 heteroatoms. The summed E-state index contributed by atoms with van der Waals surface area (Å²) in [6.45, 7) is 0.0389. The molecule has 3 aliphatic carbocycles. The molecule has 0 heterocycles. The molecule has 3 aliphatic rings. The van der Waals surface area contributed by atoms with Crippen LogP contribution in [0.15, 0.2) is 30.3 Å². The first-order valence-corrected chi connectivity index (χ1v) is 11.2. The molecule has 3 N–H and O–H groups in total. The third kappa shape index (κ3) is 4.43. The average molecular weight is 476 g/mol. The molecule has 0 unspecified atom stereocenters. The summed E-state index contributed by atoms with van der Waals surface area (Å²) in [6, 6.07) is 7.26. The van der Waals surface area contributed by atoms with Gasteiger partial charge in [0.1, 0.15) is 12.4 Å². The van der Waals surface area contributed by atoms with Gasteiger partial charge in [-0.1, -0.05) is 12.1 Å². The van der Waals surface area contributed by atoms with Crippen LogP contribution in [0, 0.1) is 28.3 Å². The first-order chi connectivity index (χ1) is 16.2. The summed E-state index contributed by atoms with van der Waals surface area (Å²) in [7, 11) is 1.51. The molecule has 0 saturated heterocycles. The third-order valence-corrected chi connectivity index (χ3v) is 7.45. The van der Waals surface area contributed by atoms with E-state index in [-0.39, 0.29) is 24.5 Å². The third-order valence-electron chi connectivity index (χ3n) is 7.45. The Morgan fingerprint density at radius 2 is 1.62 bits per heavy atom. The molecule has 3 fully saturated rings. The zero-order valence-corrected chi connectivity index (χ0v) is 18.9. The van der Waals surface area contributed by atoms with E-state index in [1.54, 1.807) is 24.3 Å². The molecule has 0 radical (unpaired) electrons. The number of hydrogen-bond acceptors (Lipinski definition) is 4. The van der Waals surface area contributed by atoms with Gasteiger partial charge in [0.2, 0.25) is 11.7 Å². The number of benzene rings is 2. The van der Waals surface area contributed by atoms with Crippen molar-refractivity contribution in [1.82, 2.24) is 5.32 Å². The number of amides is 2. The van der Waals surface area contributed by atoms with Gasteiger partial charge in [-0.15, -0.1) is 0 Å². The number of methoxy groups -OCH3 is 1. The normalized spacial score (nSPS) is 23.4. The van der Waals surface area contributed by atoms with Gasteiger partial charge in [0.05, 0.1) is 12.7 Å². The molecular weight excluding hydrogens is 449 g/mol. The topological polar surface area (TPSA) is 90.7 Å². The number of carbonyl (C=O) groups is 2. The minimum atomic E-state index is -1.56. The standard InChI is InChI=1S/C25H27F3N2O4/c1-33-16-4-2-15(3-5-16)13-34-21-18(26)12-17(19(27)20(21)28)22(31)30-14-24-6-9-25(10-7-24,11-8-24)23(29)32/h2-5,12H,6-11,13-14H2,1H3,(H2,29,32)(H,30,31)/t24-,25+. The van der Waals surface area contributed by atoms with E-state index in [9.17, 15) is 22.8 Å². The van der Waals surface area contributed by atoms with Crippen LogP contribution in [0.3, 0.4) is 0 Å². The highest BCUT2D eigenvalue weighted by Crippen LogP contribution is 2.56. The van der Waals surface area contributed by atoms with E-state index in [1.165, 1.54) is 7.11 Å².